The van der Waals surface area contributed by atoms with Gasteiger partial charge in [-0.25, -0.2) is 4.98 Å². The molecule has 0 spiro atoms. The molecule has 4 aromatic rings. The van der Waals surface area contributed by atoms with Gasteiger partial charge in [-0.3, -0.25) is 4.79 Å². The van der Waals surface area contributed by atoms with Crippen molar-refractivity contribution in [1.29, 1.82) is 0 Å². The van der Waals surface area contributed by atoms with Crippen molar-refractivity contribution in [1.82, 2.24) is 14.7 Å². The molecule has 182 valence electrons. The number of benzene rings is 2. The number of imidazole rings is 1. The summed E-state index contributed by atoms with van der Waals surface area (Å²) >= 11 is 6.12. The first kappa shape index (κ1) is 24.8. The van der Waals surface area contributed by atoms with Crippen LogP contribution in [-0.4, -0.2) is 42.2 Å². The number of hydrogen-bond donors (Lipinski definition) is 1. The molecule has 0 bridgehead atoms. The first-order chi connectivity index (χ1) is 17.1. The maximum absolute atomic E-state index is 12.5. The van der Waals surface area contributed by atoms with Crippen LogP contribution in [0.15, 0.2) is 66.9 Å². The Morgan fingerprint density at radius 1 is 1.06 bits per heavy atom. The summed E-state index contributed by atoms with van der Waals surface area (Å²) in [4.78, 5) is 17.4. The molecule has 0 aliphatic heterocycles. The molecule has 0 saturated carbocycles. The van der Waals surface area contributed by atoms with Crippen LogP contribution in [0.5, 0.6) is 5.75 Å². The number of fused-ring (bicyclic) bond motifs is 1. The third-order valence-electron chi connectivity index (χ3n) is 5.75. The Hall–Kier alpha value is -3.35. The van der Waals surface area contributed by atoms with E-state index in [1.807, 2.05) is 55.5 Å². The van der Waals surface area contributed by atoms with E-state index in [1.165, 1.54) is 0 Å². The zero-order valence-electron chi connectivity index (χ0n) is 20.1. The zero-order chi connectivity index (χ0) is 24.6. The number of carbonyl (C=O) groups excluding carboxylic acids is 1. The maximum Gasteiger partial charge on any atom is 0.220 e. The van der Waals surface area contributed by atoms with Crippen LogP contribution in [0, 0.1) is 0 Å². The van der Waals surface area contributed by atoms with E-state index in [0.29, 0.717) is 37.6 Å². The number of ether oxygens (including phenoxy) is 2. The van der Waals surface area contributed by atoms with E-state index in [2.05, 4.69) is 28.0 Å². The third-order valence-corrected chi connectivity index (χ3v) is 6.00. The Morgan fingerprint density at radius 2 is 1.86 bits per heavy atom. The minimum atomic E-state index is 0.0127. The number of carbonyl (C=O) groups is 1. The van der Waals surface area contributed by atoms with Crippen LogP contribution in [0.1, 0.15) is 25.5 Å². The first-order valence-electron chi connectivity index (χ1n) is 11.8. The van der Waals surface area contributed by atoms with E-state index in [1.54, 1.807) is 7.11 Å². The van der Waals surface area contributed by atoms with Crippen molar-refractivity contribution in [3.8, 4) is 28.1 Å². The molecule has 2 aromatic carbocycles. The average molecular weight is 492 g/mol. The lowest BCUT2D eigenvalue weighted by Gasteiger charge is -2.09. The van der Waals surface area contributed by atoms with E-state index in [-0.39, 0.29) is 5.91 Å². The number of methoxy groups -OCH3 is 1. The smallest absolute Gasteiger partial charge is 0.220 e. The minimum Gasteiger partial charge on any atom is -0.494 e. The highest BCUT2D eigenvalue weighted by Crippen LogP contribution is 2.30. The molecule has 0 aliphatic carbocycles. The molecule has 0 fully saturated rings. The second-order valence-electron chi connectivity index (χ2n) is 8.22. The van der Waals surface area contributed by atoms with Crippen molar-refractivity contribution in [2.45, 2.75) is 26.2 Å². The number of pyridine rings is 1. The molecule has 0 saturated heterocycles. The molecule has 2 heterocycles. The van der Waals surface area contributed by atoms with Gasteiger partial charge >= 0.3 is 0 Å². The molecule has 4 rings (SSSR count). The van der Waals surface area contributed by atoms with Crippen molar-refractivity contribution in [2.24, 2.45) is 0 Å². The molecule has 2 aromatic heterocycles. The van der Waals surface area contributed by atoms with Gasteiger partial charge in [0.25, 0.3) is 0 Å². The number of nitrogens with zero attached hydrogens (tertiary/aromatic N) is 2. The summed E-state index contributed by atoms with van der Waals surface area (Å²) in [5.74, 6) is 0.849. The fraction of sp³-hybridized carbons (Fsp3) is 0.286. The molecular formula is C28H30ClN3O3. The first-order valence-corrected chi connectivity index (χ1v) is 12.2. The van der Waals surface area contributed by atoms with Crippen LogP contribution in [0.25, 0.3) is 28.0 Å². The highest BCUT2D eigenvalue weighted by Gasteiger charge is 2.16. The third kappa shape index (κ3) is 6.21. The van der Waals surface area contributed by atoms with Gasteiger partial charge in [0.1, 0.15) is 11.4 Å². The van der Waals surface area contributed by atoms with Crippen LogP contribution in [0.4, 0.5) is 0 Å². The van der Waals surface area contributed by atoms with Crippen molar-refractivity contribution < 1.29 is 14.3 Å². The second-order valence-corrected chi connectivity index (χ2v) is 8.65. The molecule has 0 radical (unpaired) electrons. The van der Waals surface area contributed by atoms with Gasteiger partial charge in [-0.15, -0.1) is 0 Å². The summed E-state index contributed by atoms with van der Waals surface area (Å²) in [7, 11) is 1.66. The number of aromatic nitrogens is 2. The SMILES string of the molecule is CCOc1cccc(-c2ccc3nc(-c4ccc(Cl)cc4)c(CCC(=O)NCCCOC)n3c2)c1. The molecule has 0 aliphatic rings. The van der Waals surface area contributed by atoms with Crippen LogP contribution in [0.3, 0.4) is 0 Å². The van der Waals surface area contributed by atoms with Crippen LogP contribution in [-0.2, 0) is 16.0 Å². The lowest BCUT2D eigenvalue weighted by molar-refractivity contribution is -0.121. The van der Waals surface area contributed by atoms with Gasteiger partial charge in [0.15, 0.2) is 0 Å². The summed E-state index contributed by atoms with van der Waals surface area (Å²) in [6, 6.07) is 19.8. The molecule has 0 atom stereocenters. The molecule has 0 unspecified atom stereocenters. The molecule has 35 heavy (non-hydrogen) atoms. The largest absolute Gasteiger partial charge is 0.494 e. The lowest BCUT2D eigenvalue weighted by atomic mass is 10.1. The number of rotatable bonds is 11. The van der Waals surface area contributed by atoms with E-state index in [9.17, 15) is 4.79 Å². The summed E-state index contributed by atoms with van der Waals surface area (Å²) in [5, 5.41) is 3.64. The van der Waals surface area contributed by atoms with Crippen molar-refractivity contribution in [2.75, 3.05) is 26.9 Å². The predicted molar refractivity (Wildman–Crippen MR) is 140 cm³/mol. The second kappa shape index (κ2) is 11.9. The van der Waals surface area contributed by atoms with Crippen LogP contribution < -0.4 is 10.1 Å². The van der Waals surface area contributed by atoms with Gasteiger partial charge in [-0.05, 0) is 67.3 Å². The minimum absolute atomic E-state index is 0.0127. The zero-order valence-corrected chi connectivity index (χ0v) is 20.8. The molecule has 1 N–H and O–H groups in total. The maximum atomic E-state index is 12.5. The van der Waals surface area contributed by atoms with Crippen molar-refractivity contribution >= 4 is 23.2 Å². The predicted octanol–water partition coefficient (Wildman–Crippen LogP) is 5.81. The van der Waals surface area contributed by atoms with Gasteiger partial charge in [0.2, 0.25) is 5.91 Å². The number of halogens is 1. The van der Waals surface area contributed by atoms with E-state index in [0.717, 1.165) is 45.9 Å². The lowest BCUT2D eigenvalue weighted by Crippen LogP contribution is -2.25. The topological polar surface area (TPSA) is 64.9 Å². The molecule has 6 nitrogen and oxygen atoms in total. The highest BCUT2D eigenvalue weighted by molar-refractivity contribution is 6.30. The Kier molecular flexibility index (Phi) is 8.40. The quantitative estimate of drug-likeness (QED) is 0.269. The number of hydrogen-bond acceptors (Lipinski definition) is 4. The Labute approximate surface area is 210 Å². The normalized spacial score (nSPS) is 11.1. The fourth-order valence-electron chi connectivity index (χ4n) is 4.04. The number of aryl methyl sites for hydroxylation is 1. The summed E-state index contributed by atoms with van der Waals surface area (Å²) < 4.78 is 12.8. The summed E-state index contributed by atoms with van der Waals surface area (Å²) in [6.45, 7) is 3.82. The van der Waals surface area contributed by atoms with Gasteiger partial charge in [-0.1, -0.05) is 35.9 Å². The highest BCUT2D eigenvalue weighted by atomic mass is 35.5. The van der Waals surface area contributed by atoms with Gasteiger partial charge in [0, 0.05) is 43.5 Å². The molecule has 7 heteroatoms. The van der Waals surface area contributed by atoms with Crippen LogP contribution >= 0.6 is 11.6 Å². The Bertz CT molecular complexity index is 1280. The van der Waals surface area contributed by atoms with Gasteiger partial charge < -0.3 is 19.2 Å². The van der Waals surface area contributed by atoms with E-state index in [4.69, 9.17) is 26.1 Å². The van der Waals surface area contributed by atoms with E-state index < -0.39 is 0 Å². The van der Waals surface area contributed by atoms with E-state index >= 15 is 0 Å². The van der Waals surface area contributed by atoms with Gasteiger partial charge in [0.05, 0.1) is 18.0 Å². The Balaban J connectivity index is 1.68. The summed E-state index contributed by atoms with van der Waals surface area (Å²) in [5.41, 5.74) is 5.74. The monoisotopic (exact) mass is 491 g/mol. The number of nitrogens with one attached hydrogen (secondary N) is 1. The van der Waals surface area contributed by atoms with Crippen LogP contribution in [0.2, 0.25) is 5.02 Å². The Morgan fingerprint density at radius 3 is 2.63 bits per heavy atom. The van der Waals surface area contributed by atoms with Gasteiger partial charge in [-0.2, -0.15) is 0 Å². The molecular weight excluding hydrogens is 462 g/mol. The molecule has 1 amide bonds. The van der Waals surface area contributed by atoms with Crippen molar-refractivity contribution in [3.05, 3.63) is 77.6 Å². The summed E-state index contributed by atoms with van der Waals surface area (Å²) in [6.07, 6.45) is 3.79. The fourth-order valence-corrected chi connectivity index (χ4v) is 4.16. The average Bonchev–Trinajstić information content (AvgIpc) is 3.24. The standard InChI is InChI=1S/C28H30ClN3O3/c1-3-35-24-7-4-6-21(18-24)22-10-14-26-31-28(20-8-11-23(29)12-9-20)25(32(26)19-22)13-15-27(33)30-16-5-17-34-2/h4,6-12,14,18-19H,3,5,13,15-17H2,1-2H3,(H,30,33). The number of amides is 1. The van der Waals surface area contributed by atoms with Crippen molar-refractivity contribution in [3.63, 3.8) is 0 Å².